The van der Waals surface area contributed by atoms with Crippen molar-refractivity contribution in [3.05, 3.63) is 52.8 Å². The number of hydrogen-bond acceptors (Lipinski definition) is 4. The molecule has 0 aromatic heterocycles. The lowest BCUT2D eigenvalue weighted by Crippen LogP contribution is -2.47. The molecule has 0 radical (unpaired) electrons. The summed E-state index contributed by atoms with van der Waals surface area (Å²) in [4.78, 5) is 2.34. The fraction of sp³-hybridized carbons (Fsp3) is 0.368. The highest BCUT2D eigenvalue weighted by Crippen LogP contribution is 2.42. The Bertz CT molecular complexity index is 785. The lowest BCUT2D eigenvalue weighted by molar-refractivity contribution is 0.258. The van der Waals surface area contributed by atoms with Crippen molar-refractivity contribution >= 4 is 5.69 Å². The maximum absolute atomic E-state index is 14.9. The van der Waals surface area contributed by atoms with Gasteiger partial charge in [-0.15, -0.1) is 0 Å². The Morgan fingerprint density at radius 1 is 1.25 bits per heavy atom. The molecule has 1 heterocycles. The topological polar surface area (TPSA) is 58.5 Å². The minimum atomic E-state index is -0.188. The summed E-state index contributed by atoms with van der Waals surface area (Å²) in [5.41, 5.74) is 11.5. The third kappa shape index (κ3) is 2.59. The minimum Gasteiger partial charge on any atom is -0.354 e. The predicted molar refractivity (Wildman–Crippen MR) is 94.6 cm³/mol. The van der Waals surface area contributed by atoms with Crippen LogP contribution in [0.5, 0.6) is 0 Å². The SMILES string of the molecule is Cc1c(-c2cccc(CN)c2)c(F)cc2c1N(C1CC1)CN(N)C2. The van der Waals surface area contributed by atoms with Gasteiger partial charge in [-0.05, 0) is 54.2 Å². The lowest BCUT2D eigenvalue weighted by Gasteiger charge is -2.38. The van der Waals surface area contributed by atoms with Gasteiger partial charge in [0, 0.05) is 30.4 Å². The monoisotopic (exact) mass is 326 g/mol. The molecule has 0 bridgehead atoms. The molecule has 4 N–H and O–H groups in total. The second-order valence-corrected chi connectivity index (χ2v) is 6.86. The summed E-state index contributed by atoms with van der Waals surface area (Å²) < 4.78 is 14.9. The van der Waals surface area contributed by atoms with Crippen LogP contribution in [-0.4, -0.2) is 17.7 Å². The molecule has 2 aliphatic rings. The molecule has 1 fully saturated rings. The van der Waals surface area contributed by atoms with Crippen LogP contribution in [-0.2, 0) is 13.1 Å². The molecule has 4 rings (SSSR count). The number of nitrogens with zero attached hydrogens (tertiary/aromatic N) is 2. The minimum absolute atomic E-state index is 0.188. The first kappa shape index (κ1) is 15.6. The van der Waals surface area contributed by atoms with Crippen molar-refractivity contribution in [1.82, 2.24) is 5.01 Å². The van der Waals surface area contributed by atoms with Crippen molar-refractivity contribution in [2.24, 2.45) is 11.6 Å². The first-order valence-electron chi connectivity index (χ1n) is 8.46. The van der Waals surface area contributed by atoms with E-state index in [-0.39, 0.29) is 5.82 Å². The third-order valence-electron chi connectivity index (χ3n) is 5.01. The largest absolute Gasteiger partial charge is 0.354 e. The molecule has 0 amide bonds. The Morgan fingerprint density at radius 3 is 2.75 bits per heavy atom. The standard InChI is InChI=1S/C19H23FN4/c1-12-18(14-4-2-3-13(7-14)9-21)17(20)8-15-10-23(22)11-24(19(12)15)16-5-6-16/h2-4,7-8,16H,5-6,9-11,21-22H2,1H3. The van der Waals surface area contributed by atoms with Crippen LogP contribution >= 0.6 is 0 Å². The molecule has 24 heavy (non-hydrogen) atoms. The van der Waals surface area contributed by atoms with E-state index in [2.05, 4.69) is 4.90 Å². The molecular weight excluding hydrogens is 303 g/mol. The lowest BCUT2D eigenvalue weighted by atomic mass is 9.93. The van der Waals surface area contributed by atoms with Crippen LogP contribution in [0.4, 0.5) is 10.1 Å². The van der Waals surface area contributed by atoms with Gasteiger partial charge in [0.05, 0.1) is 6.67 Å². The summed E-state index contributed by atoms with van der Waals surface area (Å²) in [6.07, 6.45) is 2.37. The van der Waals surface area contributed by atoms with Crippen LogP contribution in [0.25, 0.3) is 11.1 Å². The summed E-state index contributed by atoms with van der Waals surface area (Å²) in [6.45, 7) is 3.76. The van der Waals surface area contributed by atoms with Gasteiger partial charge in [-0.3, -0.25) is 5.84 Å². The average molecular weight is 326 g/mol. The first-order chi connectivity index (χ1) is 11.6. The van der Waals surface area contributed by atoms with Gasteiger partial charge in [0.2, 0.25) is 0 Å². The van der Waals surface area contributed by atoms with Crippen LogP contribution in [0, 0.1) is 12.7 Å². The molecule has 1 aliphatic heterocycles. The Labute approximate surface area is 141 Å². The summed E-state index contributed by atoms with van der Waals surface area (Å²) >= 11 is 0. The highest BCUT2D eigenvalue weighted by molar-refractivity contribution is 5.78. The molecule has 1 aliphatic carbocycles. The van der Waals surface area contributed by atoms with E-state index in [4.69, 9.17) is 11.6 Å². The van der Waals surface area contributed by atoms with E-state index in [9.17, 15) is 4.39 Å². The van der Waals surface area contributed by atoms with Gasteiger partial charge in [0.25, 0.3) is 0 Å². The van der Waals surface area contributed by atoms with Crippen LogP contribution in [0.15, 0.2) is 30.3 Å². The number of anilines is 1. The van der Waals surface area contributed by atoms with Gasteiger partial charge in [-0.1, -0.05) is 18.2 Å². The first-order valence-corrected chi connectivity index (χ1v) is 8.46. The Kier molecular flexibility index (Phi) is 3.79. The van der Waals surface area contributed by atoms with Gasteiger partial charge < -0.3 is 10.6 Å². The van der Waals surface area contributed by atoms with Crippen molar-refractivity contribution in [1.29, 1.82) is 0 Å². The van der Waals surface area contributed by atoms with E-state index < -0.39 is 0 Å². The zero-order valence-corrected chi connectivity index (χ0v) is 13.9. The fourth-order valence-corrected chi connectivity index (χ4v) is 3.78. The third-order valence-corrected chi connectivity index (χ3v) is 5.01. The summed E-state index contributed by atoms with van der Waals surface area (Å²) in [7, 11) is 0. The number of hydrogen-bond donors (Lipinski definition) is 2. The number of halogens is 1. The van der Waals surface area contributed by atoms with Gasteiger partial charge in [0.1, 0.15) is 5.82 Å². The Balaban J connectivity index is 1.88. The second kappa shape index (κ2) is 5.84. The average Bonchev–Trinajstić information content (AvgIpc) is 3.38. The molecule has 4 nitrogen and oxygen atoms in total. The zero-order valence-electron chi connectivity index (χ0n) is 13.9. The molecular formula is C19H23FN4. The van der Waals surface area contributed by atoms with E-state index in [0.717, 1.165) is 27.9 Å². The molecule has 1 saturated carbocycles. The number of hydrazine groups is 1. The summed E-state index contributed by atoms with van der Waals surface area (Å²) in [6, 6.07) is 10.0. The molecule has 2 aromatic carbocycles. The van der Waals surface area contributed by atoms with Crippen LogP contribution in [0.3, 0.4) is 0 Å². The molecule has 0 spiro atoms. The van der Waals surface area contributed by atoms with E-state index in [1.54, 1.807) is 11.1 Å². The number of nitrogens with two attached hydrogens (primary N) is 2. The van der Waals surface area contributed by atoms with Crippen molar-refractivity contribution in [3.8, 4) is 11.1 Å². The normalized spacial score (nSPS) is 17.9. The molecule has 0 atom stereocenters. The van der Waals surface area contributed by atoms with E-state index in [1.807, 2.05) is 31.2 Å². The highest BCUT2D eigenvalue weighted by atomic mass is 19.1. The van der Waals surface area contributed by atoms with E-state index >= 15 is 0 Å². The maximum Gasteiger partial charge on any atom is 0.131 e. The predicted octanol–water partition coefficient (Wildman–Crippen LogP) is 2.88. The van der Waals surface area contributed by atoms with Crippen molar-refractivity contribution in [3.63, 3.8) is 0 Å². The molecule has 0 unspecified atom stereocenters. The van der Waals surface area contributed by atoms with Crippen molar-refractivity contribution < 1.29 is 4.39 Å². The van der Waals surface area contributed by atoms with Crippen LogP contribution in [0.1, 0.15) is 29.5 Å². The molecule has 2 aromatic rings. The van der Waals surface area contributed by atoms with Crippen molar-refractivity contribution in [2.45, 2.75) is 38.9 Å². The smallest absolute Gasteiger partial charge is 0.131 e. The summed E-state index contributed by atoms with van der Waals surface area (Å²) in [5.74, 6) is 5.86. The number of rotatable bonds is 3. The van der Waals surface area contributed by atoms with E-state index in [1.165, 1.54) is 12.8 Å². The van der Waals surface area contributed by atoms with Gasteiger partial charge in [-0.2, -0.15) is 0 Å². The summed E-state index contributed by atoms with van der Waals surface area (Å²) in [5, 5.41) is 1.76. The molecule has 126 valence electrons. The van der Waals surface area contributed by atoms with Crippen LogP contribution < -0.4 is 16.5 Å². The van der Waals surface area contributed by atoms with Crippen molar-refractivity contribution in [2.75, 3.05) is 11.6 Å². The molecule has 0 saturated heterocycles. The quantitative estimate of drug-likeness (QED) is 0.852. The fourth-order valence-electron chi connectivity index (χ4n) is 3.78. The Hall–Kier alpha value is -1.95. The Morgan fingerprint density at radius 2 is 2.04 bits per heavy atom. The zero-order chi connectivity index (χ0) is 16.8. The van der Waals surface area contributed by atoms with Gasteiger partial charge in [-0.25, -0.2) is 9.40 Å². The second-order valence-electron chi connectivity index (χ2n) is 6.86. The van der Waals surface area contributed by atoms with Gasteiger partial charge in [0.15, 0.2) is 0 Å². The maximum atomic E-state index is 14.9. The number of benzene rings is 2. The van der Waals surface area contributed by atoms with E-state index in [0.29, 0.717) is 31.4 Å². The van der Waals surface area contributed by atoms with Gasteiger partial charge >= 0.3 is 0 Å². The molecule has 5 heteroatoms. The van der Waals surface area contributed by atoms with Crippen LogP contribution in [0.2, 0.25) is 0 Å². The highest BCUT2D eigenvalue weighted by Gasteiger charge is 2.35. The number of fused-ring (bicyclic) bond motifs is 1.